The lowest BCUT2D eigenvalue weighted by Gasteiger charge is -2.08. The van der Waals surface area contributed by atoms with Gasteiger partial charge in [-0.3, -0.25) is 4.79 Å². The highest BCUT2D eigenvalue weighted by Gasteiger charge is 2.03. The minimum atomic E-state index is 0.215. The molecule has 0 unspecified atom stereocenters. The number of halogens is 1. The van der Waals surface area contributed by atoms with E-state index in [9.17, 15) is 4.79 Å². The van der Waals surface area contributed by atoms with Gasteiger partial charge in [-0.1, -0.05) is 23.7 Å². The van der Waals surface area contributed by atoms with Crippen molar-refractivity contribution < 1.29 is 14.6 Å². The highest BCUT2D eigenvalue weighted by molar-refractivity contribution is 6.32. The molecule has 0 aromatic heterocycles. The average molecular weight is 263 g/mol. The number of rotatable bonds is 4. The summed E-state index contributed by atoms with van der Waals surface area (Å²) in [5.74, 6) is 0.738. The van der Waals surface area contributed by atoms with Crippen LogP contribution in [0.25, 0.3) is 0 Å². The first-order valence-electron chi connectivity index (χ1n) is 5.34. The number of benzene rings is 2. The van der Waals surface area contributed by atoms with Crippen LogP contribution < -0.4 is 4.74 Å². The summed E-state index contributed by atoms with van der Waals surface area (Å²) in [5, 5.41) is 9.55. The lowest BCUT2D eigenvalue weighted by atomic mass is 10.2. The highest BCUT2D eigenvalue weighted by Crippen LogP contribution is 2.25. The number of hydrogen-bond donors (Lipinski definition) is 1. The van der Waals surface area contributed by atoms with Crippen molar-refractivity contribution in [3.8, 4) is 11.5 Å². The minimum Gasteiger partial charge on any atom is -0.508 e. The summed E-state index contributed by atoms with van der Waals surface area (Å²) in [7, 11) is 0. The van der Waals surface area contributed by atoms with Gasteiger partial charge in [-0.2, -0.15) is 0 Å². The van der Waals surface area contributed by atoms with Gasteiger partial charge in [0.1, 0.15) is 24.4 Å². The molecule has 0 aliphatic heterocycles. The Morgan fingerprint density at radius 1 is 1.17 bits per heavy atom. The third-order valence-electron chi connectivity index (χ3n) is 2.42. The highest BCUT2D eigenvalue weighted by atomic mass is 35.5. The van der Waals surface area contributed by atoms with Crippen LogP contribution in [0.15, 0.2) is 42.5 Å². The lowest BCUT2D eigenvalue weighted by molar-refractivity contribution is 0.112. The van der Waals surface area contributed by atoms with Gasteiger partial charge in [0.2, 0.25) is 0 Å². The Morgan fingerprint density at radius 3 is 2.50 bits per heavy atom. The summed E-state index contributed by atoms with van der Waals surface area (Å²) >= 11 is 5.98. The number of hydrogen-bond acceptors (Lipinski definition) is 3. The Hall–Kier alpha value is -2.00. The zero-order valence-corrected chi connectivity index (χ0v) is 10.2. The van der Waals surface area contributed by atoms with Gasteiger partial charge in [-0.25, -0.2) is 0 Å². The molecule has 0 atom stereocenters. The summed E-state index contributed by atoms with van der Waals surface area (Å²) in [5.41, 5.74) is 1.43. The van der Waals surface area contributed by atoms with Gasteiger partial charge in [-0.05, 0) is 35.9 Å². The Kier molecular flexibility index (Phi) is 3.85. The van der Waals surface area contributed by atoms with Crippen LogP contribution in [0.4, 0.5) is 0 Å². The van der Waals surface area contributed by atoms with E-state index in [1.54, 1.807) is 42.5 Å². The molecular formula is C14H11ClO3. The molecule has 0 radical (unpaired) electrons. The van der Waals surface area contributed by atoms with Crippen LogP contribution >= 0.6 is 11.6 Å². The first-order chi connectivity index (χ1) is 8.69. The summed E-state index contributed by atoms with van der Waals surface area (Å²) < 4.78 is 5.53. The Bertz CT molecular complexity index is 549. The van der Waals surface area contributed by atoms with E-state index in [4.69, 9.17) is 21.4 Å². The molecule has 0 amide bonds. The Morgan fingerprint density at radius 2 is 1.89 bits per heavy atom. The van der Waals surface area contributed by atoms with Gasteiger partial charge < -0.3 is 9.84 Å². The molecule has 0 saturated heterocycles. The molecule has 0 saturated carbocycles. The fourth-order valence-electron chi connectivity index (χ4n) is 1.46. The quantitative estimate of drug-likeness (QED) is 0.859. The fourth-order valence-corrected chi connectivity index (χ4v) is 1.70. The van der Waals surface area contributed by atoms with Crippen LogP contribution in [-0.4, -0.2) is 11.4 Å². The van der Waals surface area contributed by atoms with E-state index < -0.39 is 0 Å². The largest absolute Gasteiger partial charge is 0.508 e. The Balaban J connectivity index is 2.06. The van der Waals surface area contributed by atoms with Gasteiger partial charge in [0.25, 0.3) is 0 Å². The molecule has 0 bridgehead atoms. The summed E-state index contributed by atoms with van der Waals surface area (Å²) in [6.45, 7) is 0.348. The molecule has 0 aliphatic carbocycles. The third-order valence-corrected chi connectivity index (χ3v) is 2.72. The van der Waals surface area contributed by atoms with Crippen LogP contribution in [0.2, 0.25) is 5.02 Å². The monoisotopic (exact) mass is 262 g/mol. The molecule has 3 nitrogen and oxygen atoms in total. The molecule has 0 fully saturated rings. The lowest BCUT2D eigenvalue weighted by Crippen LogP contribution is -1.96. The summed E-state index contributed by atoms with van der Waals surface area (Å²) in [6.07, 6.45) is 0.732. The number of phenolic OH excluding ortho intramolecular Hbond substituents is 1. The van der Waals surface area contributed by atoms with E-state index >= 15 is 0 Å². The third kappa shape index (κ3) is 3.02. The SMILES string of the molecule is O=Cc1ccc(OCc2ccc(O)cc2)c(Cl)c1. The van der Waals surface area contributed by atoms with Crippen LogP contribution in [0.1, 0.15) is 15.9 Å². The molecular weight excluding hydrogens is 252 g/mol. The van der Waals surface area contributed by atoms with Crippen LogP contribution in [-0.2, 0) is 6.61 Å². The first-order valence-corrected chi connectivity index (χ1v) is 5.72. The topological polar surface area (TPSA) is 46.5 Å². The zero-order chi connectivity index (χ0) is 13.0. The predicted octanol–water partition coefficient (Wildman–Crippen LogP) is 3.44. The summed E-state index contributed by atoms with van der Waals surface area (Å²) in [6, 6.07) is 11.6. The fraction of sp³-hybridized carbons (Fsp3) is 0.0714. The van der Waals surface area contributed by atoms with Crippen molar-refractivity contribution >= 4 is 17.9 Å². The number of aldehydes is 1. The normalized spacial score (nSPS) is 10.1. The molecule has 2 rings (SSSR count). The number of phenols is 1. The number of carbonyl (C=O) groups is 1. The Labute approximate surface area is 110 Å². The van der Waals surface area contributed by atoms with Crippen molar-refractivity contribution in [1.29, 1.82) is 0 Å². The first kappa shape index (κ1) is 12.5. The van der Waals surface area contributed by atoms with Crippen molar-refractivity contribution in [1.82, 2.24) is 0 Å². The van der Waals surface area contributed by atoms with E-state index in [0.717, 1.165) is 11.8 Å². The van der Waals surface area contributed by atoms with Gasteiger partial charge in [0.05, 0.1) is 5.02 Å². The number of aromatic hydroxyl groups is 1. The number of ether oxygens (including phenoxy) is 1. The van der Waals surface area contributed by atoms with Crippen LogP contribution in [0.3, 0.4) is 0 Å². The second-order valence-corrected chi connectivity index (χ2v) is 4.17. The summed E-state index contributed by atoms with van der Waals surface area (Å²) in [4.78, 5) is 10.6. The van der Waals surface area contributed by atoms with Gasteiger partial charge in [0, 0.05) is 5.56 Å². The molecule has 2 aromatic rings. The van der Waals surface area contributed by atoms with Gasteiger partial charge in [-0.15, -0.1) is 0 Å². The van der Waals surface area contributed by atoms with Crippen LogP contribution in [0.5, 0.6) is 11.5 Å². The van der Waals surface area contributed by atoms with Crippen molar-refractivity contribution in [3.63, 3.8) is 0 Å². The molecule has 0 aliphatic rings. The van der Waals surface area contributed by atoms with Gasteiger partial charge >= 0.3 is 0 Å². The maximum absolute atomic E-state index is 10.6. The van der Waals surface area contributed by atoms with Crippen molar-refractivity contribution in [2.45, 2.75) is 6.61 Å². The molecule has 0 spiro atoms. The average Bonchev–Trinajstić information content (AvgIpc) is 2.39. The van der Waals surface area contributed by atoms with E-state index in [-0.39, 0.29) is 5.75 Å². The molecule has 0 heterocycles. The second-order valence-electron chi connectivity index (χ2n) is 3.76. The van der Waals surface area contributed by atoms with Crippen molar-refractivity contribution in [2.24, 2.45) is 0 Å². The smallest absolute Gasteiger partial charge is 0.150 e. The predicted molar refractivity (Wildman–Crippen MR) is 69.3 cm³/mol. The van der Waals surface area contributed by atoms with Crippen molar-refractivity contribution in [3.05, 3.63) is 58.6 Å². The van der Waals surface area contributed by atoms with E-state index in [2.05, 4.69) is 0 Å². The zero-order valence-electron chi connectivity index (χ0n) is 9.47. The maximum Gasteiger partial charge on any atom is 0.150 e. The van der Waals surface area contributed by atoms with E-state index in [0.29, 0.717) is 22.9 Å². The number of carbonyl (C=O) groups excluding carboxylic acids is 1. The standard InChI is InChI=1S/C14H11ClO3/c15-13-7-11(8-16)3-6-14(13)18-9-10-1-4-12(17)5-2-10/h1-8,17H,9H2. The second kappa shape index (κ2) is 5.56. The van der Waals surface area contributed by atoms with Gasteiger partial charge in [0.15, 0.2) is 0 Å². The maximum atomic E-state index is 10.6. The molecule has 2 aromatic carbocycles. The molecule has 18 heavy (non-hydrogen) atoms. The van der Waals surface area contributed by atoms with Crippen LogP contribution in [0, 0.1) is 0 Å². The molecule has 92 valence electrons. The van der Waals surface area contributed by atoms with E-state index in [1.165, 1.54) is 0 Å². The minimum absolute atomic E-state index is 0.215. The molecule has 1 N–H and O–H groups in total. The van der Waals surface area contributed by atoms with E-state index in [1.807, 2.05) is 0 Å². The molecule has 4 heteroatoms. The van der Waals surface area contributed by atoms with Crippen molar-refractivity contribution in [2.75, 3.05) is 0 Å².